The van der Waals surface area contributed by atoms with Gasteiger partial charge in [-0.3, -0.25) is 4.98 Å². The lowest BCUT2D eigenvalue weighted by molar-refractivity contribution is 0.273. The summed E-state index contributed by atoms with van der Waals surface area (Å²) in [5, 5.41) is 0. The van der Waals surface area contributed by atoms with Crippen LogP contribution in [0.1, 0.15) is 50.2 Å². The van der Waals surface area contributed by atoms with Crippen LogP contribution >= 0.6 is 0 Å². The van der Waals surface area contributed by atoms with Gasteiger partial charge in [-0.1, -0.05) is 19.9 Å². The lowest BCUT2D eigenvalue weighted by atomic mass is 10.1. The molecular formula is C15H27N3. The van der Waals surface area contributed by atoms with Crippen molar-refractivity contribution in [2.75, 3.05) is 28.2 Å². The van der Waals surface area contributed by atoms with Crippen LogP contribution < -0.4 is 0 Å². The summed E-state index contributed by atoms with van der Waals surface area (Å²) in [6.45, 7) is 4.42. The van der Waals surface area contributed by atoms with Crippen LogP contribution in [0.2, 0.25) is 0 Å². The number of aromatic nitrogens is 1. The highest BCUT2D eigenvalue weighted by Crippen LogP contribution is 2.24. The minimum Gasteiger partial charge on any atom is -0.301 e. The van der Waals surface area contributed by atoms with E-state index < -0.39 is 0 Å². The monoisotopic (exact) mass is 249 g/mol. The van der Waals surface area contributed by atoms with E-state index in [4.69, 9.17) is 4.98 Å². The second-order valence-corrected chi connectivity index (χ2v) is 5.26. The first-order valence-electron chi connectivity index (χ1n) is 6.80. The number of rotatable bonds is 6. The van der Waals surface area contributed by atoms with Crippen molar-refractivity contribution < 1.29 is 0 Å². The zero-order valence-electron chi connectivity index (χ0n) is 12.6. The van der Waals surface area contributed by atoms with Gasteiger partial charge in [-0.15, -0.1) is 0 Å². The first kappa shape index (κ1) is 15.1. The van der Waals surface area contributed by atoms with Crippen molar-refractivity contribution in [3.8, 4) is 0 Å². The Morgan fingerprint density at radius 3 is 1.56 bits per heavy atom. The zero-order valence-corrected chi connectivity index (χ0v) is 12.6. The molecule has 0 aliphatic rings. The standard InChI is InChI=1S/C15H27N3/c1-7-14(17(3)4)12-10-9-11-13(16-12)15(8-2)18(5)6/h9-11,14-15H,7-8H2,1-6H3. The van der Waals surface area contributed by atoms with Crippen LogP contribution in [-0.2, 0) is 0 Å². The second kappa shape index (κ2) is 6.86. The molecule has 0 saturated carbocycles. The second-order valence-electron chi connectivity index (χ2n) is 5.26. The molecule has 0 aliphatic heterocycles. The molecule has 18 heavy (non-hydrogen) atoms. The van der Waals surface area contributed by atoms with Crippen molar-refractivity contribution in [3.05, 3.63) is 29.6 Å². The van der Waals surface area contributed by atoms with Gasteiger partial charge in [0, 0.05) is 0 Å². The third-order valence-electron chi connectivity index (χ3n) is 3.50. The van der Waals surface area contributed by atoms with Crippen LogP contribution in [0.5, 0.6) is 0 Å². The highest BCUT2D eigenvalue weighted by Gasteiger charge is 2.17. The largest absolute Gasteiger partial charge is 0.301 e. The molecular weight excluding hydrogens is 222 g/mol. The molecule has 1 aromatic rings. The van der Waals surface area contributed by atoms with E-state index in [9.17, 15) is 0 Å². The van der Waals surface area contributed by atoms with Crippen LogP contribution in [0, 0.1) is 0 Å². The van der Waals surface area contributed by atoms with Crippen molar-refractivity contribution in [1.82, 2.24) is 14.8 Å². The molecule has 0 amide bonds. The Balaban J connectivity index is 3.04. The molecule has 0 aliphatic carbocycles. The van der Waals surface area contributed by atoms with Crippen LogP contribution in [0.15, 0.2) is 18.2 Å². The molecule has 1 rings (SSSR count). The Labute approximate surface area is 112 Å². The van der Waals surface area contributed by atoms with Gasteiger partial charge in [0.05, 0.1) is 23.5 Å². The molecule has 0 fully saturated rings. The van der Waals surface area contributed by atoms with Gasteiger partial charge in [0.2, 0.25) is 0 Å². The van der Waals surface area contributed by atoms with E-state index >= 15 is 0 Å². The quantitative estimate of drug-likeness (QED) is 0.772. The number of hydrogen-bond donors (Lipinski definition) is 0. The highest BCUT2D eigenvalue weighted by atomic mass is 15.1. The van der Waals surface area contributed by atoms with Crippen molar-refractivity contribution in [2.45, 2.75) is 38.8 Å². The molecule has 0 spiro atoms. The predicted octanol–water partition coefficient (Wildman–Crippen LogP) is 3.11. The number of hydrogen-bond acceptors (Lipinski definition) is 3. The number of nitrogens with zero attached hydrogens (tertiary/aromatic N) is 3. The van der Waals surface area contributed by atoms with Crippen LogP contribution in [-0.4, -0.2) is 43.0 Å². The van der Waals surface area contributed by atoms with Gasteiger partial charge >= 0.3 is 0 Å². The first-order valence-corrected chi connectivity index (χ1v) is 6.80. The molecule has 0 bridgehead atoms. The van der Waals surface area contributed by atoms with Gasteiger partial charge in [-0.2, -0.15) is 0 Å². The van der Waals surface area contributed by atoms with E-state index in [0.717, 1.165) is 12.8 Å². The third-order valence-corrected chi connectivity index (χ3v) is 3.50. The summed E-state index contributed by atoms with van der Waals surface area (Å²) in [6, 6.07) is 7.23. The summed E-state index contributed by atoms with van der Waals surface area (Å²) in [4.78, 5) is 9.35. The molecule has 2 unspecified atom stereocenters. The summed E-state index contributed by atoms with van der Waals surface area (Å²) < 4.78 is 0. The average molecular weight is 249 g/mol. The van der Waals surface area contributed by atoms with E-state index in [1.54, 1.807) is 0 Å². The maximum absolute atomic E-state index is 4.87. The third kappa shape index (κ3) is 3.53. The molecule has 0 saturated heterocycles. The molecule has 3 heteroatoms. The van der Waals surface area contributed by atoms with Crippen molar-refractivity contribution in [2.24, 2.45) is 0 Å². The van der Waals surface area contributed by atoms with Crippen LogP contribution in [0.3, 0.4) is 0 Å². The Morgan fingerprint density at radius 1 is 0.889 bits per heavy atom. The SMILES string of the molecule is CCC(c1cccc(C(CC)N(C)C)n1)N(C)C. The van der Waals surface area contributed by atoms with Crippen LogP contribution in [0.25, 0.3) is 0 Å². The Bertz CT molecular complexity index is 329. The molecule has 3 nitrogen and oxygen atoms in total. The molecule has 0 N–H and O–H groups in total. The lowest BCUT2D eigenvalue weighted by Crippen LogP contribution is -2.23. The lowest BCUT2D eigenvalue weighted by Gasteiger charge is -2.26. The fourth-order valence-electron chi connectivity index (χ4n) is 2.52. The molecule has 1 heterocycles. The molecule has 2 atom stereocenters. The zero-order chi connectivity index (χ0) is 13.7. The van der Waals surface area contributed by atoms with Crippen molar-refractivity contribution in [1.29, 1.82) is 0 Å². The normalized spacial score (nSPS) is 15.1. The van der Waals surface area contributed by atoms with Gasteiger partial charge < -0.3 is 9.80 Å². The maximum Gasteiger partial charge on any atom is 0.0579 e. The van der Waals surface area contributed by atoms with E-state index in [0.29, 0.717) is 12.1 Å². The number of pyridine rings is 1. The van der Waals surface area contributed by atoms with E-state index in [2.05, 4.69) is 70.0 Å². The van der Waals surface area contributed by atoms with E-state index in [1.807, 2.05) is 0 Å². The molecule has 0 radical (unpaired) electrons. The average Bonchev–Trinajstić information content (AvgIpc) is 2.30. The summed E-state index contributed by atoms with van der Waals surface area (Å²) in [7, 11) is 8.47. The summed E-state index contributed by atoms with van der Waals surface area (Å²) in [5.41, 5.74) is 2.36. The van der Waals surface area contributed by atoms with Gasteiger partial charge in [0.15, 0.2) is 0 Å². The Hall–Kier alpha value is -0.930. The molecule has 0 aromatic carbocycles. The molecule has 102 valence electrons. The first-order chi connectivity index (χ1) is 8.51. The fourth-order valence-corrected chi connectivity index (χ4v) is 2.52. The predicted molar refractivity (Wildman–Crippen MR) is 77.7 cm³/mol. The Kier molecular flexibility index (Phi) is 5.76. The van der Waals surface area contributed by atoms with Gasteiger partial charge in [-0.05, 0) is 53.2 Å². The highest BCUT2D eigenvalue weighted by molar-refractivity contribution is 5.17. The van der Waals surface area contributed by atoms with Crippen molar-refractivity contribution >= 4 is 0 Å². The summed E-state index contributed by atoms with van der Waals surface area (Å²) in [6.07, 6.45) is 2.17. The smallest absolute Gasteiger partial charge is 0.0579 e. The minimum absolute atomic E-state index is 0.407. The maximum atomic E-state index is 4.87. The topological polar surface area (TPSA) is 19.4 Å². The van der Waals surface area contributed by atoms with Gasteiger partial charge in [-0.25, -0.2) is 0 Å². The van der Waals surface area contributed by atoms with Gasteiger partial charge in [0.1, 0.15) is 0 Å². The van der Waals surface area contributed by atoms with E-state index in [-0.39, 0.29) is 0 Å². The fraction of sp³-hybridized carbons (Fsp3) is 0.667. The van der Waals surface area contributed by atoms with E-state index in [1.165, 1.54) is 11.4 Å². The van der Waals surface area contributed by atoms with Gasteiger partial charge in [0.25, 0.3) is 0 Å². The minimum atomic E-state index is 0.407. The van der Waals surface area contributed by atoms with Crippen molar-refractivity contribution in [3.63, 3.8) is 0 Å². The molecule has 1 aromatic heterocycles. The Morgan fingerprint density at radius 2 is 1.28 bits per heavy atom. The summed E-state index contributed by atoms with van der Waals surface area (Å²) >= 11 is 0. The summed E-state index contributed by atoms with van der Waals surface area (Å²) in [5.74, 6) is 0. The van der Waals surface area contributed by atoms with Crippen LogP contribution in [0.4, 0.5) is 0 Å².